The van der Waals surface area contributed by atoms with Crippen molar-refractivity contribution in [3.8, 4) is 0 Å². The number of hydrogen-bond acceptors (Lipinski definition) is 3. The van der Waals surface area contributed by atoms with Gasteiger partial charge < -0.3 is 10.1 Å². The molecule has 102 valence electrons. The van der Waals surface area contributed by atoms with Crippen LogP contribution in [0.15, 0.2) is 66.7 Å². The van der Waals surface area contributed by atoms with Gasteiger partial charge in [0.2, 0.25) is 6.23 Å². The molecular formula is C18H13NO2. The Hall–Kier alpha value is -2.81. The van der Waals surface area contributed by atoms with Crippen LogP contribution in [-0.4, -0.2) is 5.97 Å². The Morgan fingerprint density at radius 1 is 0.857 bits per heavy atom. The summed E-state index contributed by atoms with van der Waals surface area (Å²) in [5.41, 5.74) is 2.48. The van der Waals surface area contributed by atoms with Crippen molar-refractivity contribution in [2.45, 2.75) is 6.23 Å². The highest BCUT2D eigenvalue weighted by Gasteiger charge is 2.30. The fourth-order valence-corrected chi connectivity index (χ4v) is 2.75. The zero-order chi connectivity index (χ0) is 14.2. The molecule has 3 aromatic carbocycles. The number of ether oxygens (including phenoxy) is 1. The average Bonchev–Trinajstić information content (AvgIpc) is 2.85. The maximum Gasteiger partial charge on any atom is 0.340 e. The van der Waals surface area contributed by atoms with Crippen molar-refractivity contribution in [1.29, 1.82) is 0 Å². The first-order chi connectivity index (χ1) is 10.3. The normalized spacial score (nSPS) is 16.6. The first-order valence-corrected chi connectivity index (χ1v) is 6.87. The van der Waals surface area contributed by atoms with Crippen LogP contribution in [-0.2, 0) is 4.74 Å². The molecule has 21 heavy (non-hydrogen) atoms. The van der Waals surface area contributed by atoms with Gasteiger partial charge in [0.1, 0.15) is 0 Å². The zero-order valence-corrected chi connectivity index (χ0v) is 11.2. The number of anilines is 1. The van der Waals surface area contributed by atoms with Gasteiger partial charge >= 0.3 is 5.97 Å². The lowest BCUT2D eigenvalue weighted by molar-refractivity contribution is 0.0437. The van der Waals surface area contributed by atoms with Crippen LogP contribution in [0, 0.1) is 0 Å². The van der Waals surface area contributed by atoms with Crippen LogP contribution in [0.1, 0.15) is 22.1 Å². The highest BCUT2D eigenvalue weighted by atomic mass is 16.6. The molecule has 0 bridgehead atoms. The lowest BCUT2D eigenvalue weighted by Gasteiger charge is -2.16. The summed E-state index contributed by atoms with van der Waals surface area (Å²) in [6.07, 6.45) is -0.431. The van der Waals surface area contributed by atoms with E-state index in [0.29, 0.717) is 5.56 Å². The van der Waals surface area contributed by atoms with Gasteiger partial charge in [0.05, 0.1) is 5.56 Å². The Bertz CT molecular complexity index is 836. The van der Waals surface area contributed by atoms with Crippen LogP contribution in [0.5, 0.6) is 0 Å². The van der Waals surface area contributed by atoms with Gasteiger partial charge in [0.25, 0.3) is 0 Å². The second-order valence-electron chi connectivity index (χ2n) is 5.04. The third-order valence-electron chi connectivity index (χ3n) is 3.76. The minimum atomic E-state index is -0.431. The van der Waals surface area contributed by atoms with Crippen molar-refractivity contribution in [2.75, 3.05) is 5.32 Å². The number of nitrogens with one attached hydrogen (secondary N) is 1. The van der Waals surface area contributed by atoms with Crippen LogP contribution in [0.2, 0.25) is 0 Å². The van der Waals surface area contributed by atoms with Crippen molar-refractivity contribution in [3.05, 3.63) is 77.9 Å². The smallest absolute Gasteiger partial charge is 0.340 e. The van der Waals surface area contributed by atoms with Gasteiger partial charge in [-0.15, -0.1) is 0 Å². The van der Waals surface area contributed by atoms with E-state index in [-0.39, 0.29) is 5.97 Å². The highest BCUT2D eigenvalue weighted by molar-refractivity contribution is 5.96. The van der Waals surface area contributed by atoms with Crippen molar-refractivity contribution < 1.29 is 9.53 Å². The molecule has 4 rings (SSSR count). The molecule has 1 atom stereocenters. The fraction of sp³-hybridized carbons (Fsp3) is 0.0556. The van der Waals surface area contributed by atoms with E-state index in [4.69, 9.17) is 4.74 Å². The zero-order valence-electron chi connectivity index (χ0n) is 11.2. The lowest BCUT2D eigenvalue weighted by Crippen LogP contribution is -2.10. The maximum atomic E-state index is 11.9. The lowest BCUT2D eigenvalue weighted by atomic mass is 10.1. The second kappa shape index (κ2) is 4.63. The van der Waals surface area contributed by atoms with E-state index in [1.54, 1.807) is 6.07 Å². The quantitative estimate of drug-likeness (QED) is 0.715. The number of carbonyl (C=O) groups excluding carboxylic acids is 1. The van der Waals surface area contributed by atoms with E-state index in [1.807, 2.05) is 42.5 Å². The molecule has 0 saturated heterocycles. The van der Waals surface area contributed by atoms with Crippen molar-refractivity contribution in [2.24, 2.45) is 0 Å². The summed E-state index contributed by atoms with van der Waals surface area (Å²) in [6, 6.07) is 21.7. The van der Waals surface area contributed by atoms with E-state index in [1.165, 1.54) is 0 Å². The molecule has 3 aromatic rings. The summed E-state index contributed by atoms with van der Waals surface area (Å²) in [6.45, 7) is 0. The molecule has 0 fully saturated rings. The SMILES string of the molecule is O=C1O[C@@H](Nc2cccc3ccccc23)c2ccccc21. The van der Waals surface area contributed by atoms with Gasteiger partial charge in [-0.05, 0) is 17.5 Å². The predicted molar refractivity (Wildman–Crippen MR) is 82.2 cm³/mol. The monoisotopic (exact) mass is 275 g/mol. The number of benzene rings is 3. The van der Waals surface area contributed by atoms with E-state index in [9.17, 15) is 4.79 Å². The molecule has 0 saturated carbocycles. The molecule has 0 spiro atoms. The molecule has 0 aliphatic carbocycles. The molecule has 3 heteroatoms. The van der Waals surface area contributed by atoms with E-state index < -0.39 is 6.23 Å². The van der Waals surface area contributed by atoms with Crippen LogP contribution < -0.4 is 5.32 Å². The largest absolute Gasteiger partial charge is 0.434 e. The van der Waals surface area contributed by atoms with Gasteiger partial charge in [0.15, 0.2) is 0 Å². The van der Waals surface area contributed by atoms with Crippen LogP contribution >= 0.6 is 0 Å². The van der Waals surface area contributed by atoms with Crippen molar-refractivity contribution >= 4 is 22.4 Å². The standard InChI is InChI=1S/C18H13NO2/c20-18-15-10-4-3-9-14(15)17(21-18)19-16-11-5-7-12-6-1-2-8-13(12)16/h1-11,17,19H/t17-/m1/s1. The summed E-state index contributed by atoms with van der Waals surface area (Å²) in [7, 11) is 0. The maximum absolute atomic E-state index is 11.9. The number of esters is 1. The molecule has 0 radical (unpaired) electrons. The number of fused-ring (bicyclic) bond motifs is 2. The molecule has 0 amide bonds. The highest BCUT2D eigenvalue weighted by Crippen LogP contribution is 2.33. The summed E-state index contributed by atoms with van der Waals surface area (Å²) in [4.78, 5) is 11.9. The Kier molecular flexibility index (Phi) is 2.64. The summed E-state index contributed by atoms with van der Waals surface area (Å²) in [5.74, 6) is -0.275. The summed E-state index contributed by atoms with van der Waals surface area (Å²) >= 11 is 0. The Morgan fingerprint density at radius 2 is 1.62 bits per heavy atom. The Morgan fingerprint density at radius 3 is 2.57 bits per heavy atom. The van der Waals surface area contributed by atoms with Gasteiger partial charge in [-0.3, -0.25) is 0 Å². The van der Waals surface area contributed by atoms with Gasteiger partial charge in [-0.25, -0.2) is 4.79 Å². The third-order valence-corrected chi connectivity index (χ3v) is 3.76. The first kappa shape index (κ1) is 12.0. The molecular weight excluding hydrogens is 262 g/mol. The van der Waals surface area contributed by atoms with E-state index in [2.05, 4.69) is 23.5 Å². The molecule has 1 N–H and O–H groups in total. The molecule has 1 aliphatic heterocycles. The average molecular weight is 275 g/mol. The fourth-order valence-electron chi connectivity index (χ4n) is 2.75. The van der Waals surface area contributed by atoms with Crippen molar-refractivity contribution in [1.82, 2.24) is 0 Å². The number of rotatable bonds is 2. The summed E-state index contributed by atoms with van der Waals surface area (Å²) in [5, 5.41) is 5.59. The summed E-state index contributed by atoms with van der Waals surface area (Å²) < 4.78 is 5.43. The molecule has 0 unspecified atom stereocenters. The topological polar surface area (TPSA) is 38.3 Å². The Labute approximate surface area is 122 Å². The molecule has 0 aromatic heterocycles. The van der Waals surface area contributed by atoms with Crippen LogP contribution in [0.3, 0.4) is 0 Å². The second-order valence-corrected chi connectivity index (χ2v) is 5.04. The molecule has 1 heterocycles. The van der Waals surface area contributed by atoms with Gasteiger partial charge in [0, 0.05) is 16.6 Å². The van der Waals surface area contributed by atoms with Crippen LogP contribution in [0.4, 0.5) is 5.69 Å². The first-order valence-electron chi connectivity index (χ1n) is 6.87. The number of hydrogen-bond donors (Lipinski definition) is 1. The van der Waals surface area contributed by atoms with Crippen molar-refractivity contribution in [3.63, 3.8) is 0 Å². The molecule has 3 nitrogen and oxygen atoms in total. The Balaban J connectivity index is 1.75. The third kappa shape index (κ3) is 1.94. The molecule has 1 aliphatic rings. The van der Waals surface area contributed by atoms with Gasteiger partial charge in [-0.1, -0.05) is 54.6 Å². The van der Waals surface area contributed by atoms with Gasteiger partial charge in [-0.2, -0.15) is 0 Å². The minimum Gasteiger partial charge on any atom is -0.434 e. The van der Waals surface area contributed by atoms with E-state index >= 15 is 0 Å². The predicted octanol–water partition coefficient (Wildman–Crippen LogP) is 4.12. The minimum absolute atomic E-state index is 0.275. The number of carbonyl (C=O) groups is 1. The van der Waals surface area contributed by atoms with Crippen LogP contribution in [0.25, 0.3) is 10.8 Å². The number of cyclic esters (lactones) is 1. The van der Waals surface area contributed by atoms with E-state index in [0.717, 1.165) is 22.0 Å².